The minimum atomic E-state index is -0.0772. The van der Waals surface area contributed by atoms with Crippen molar-refractivity contribution in [2.75, 3.05) is 26.7 Å². The predicted octanol–water partition coefficient (Wildman–Crippen LogP) is 0.609. The number of carbonyl (C=O) groups is 1. The number of piperidine rings is 1. The van der Waals surface area contributed by atoms with Gasteiger partial charge in [-0.15, -0.1) is 0 Å². The lowest BCUT2D eigenvalue weighted by atomic mass is 9.96. The summed E-state index contributed by atoms with van der Waals surface area (Å²) in [7, 11) is 1.46. The number of nitrogens with zero attached hydrogens (tertiary/aromatic N) is 1. The first kappa shape index (κ1) is 12.5. The van der Waals surface area contributed by atoms with Crippen molar-refractivity contribution in [2.24, 2.45) is 11.7 Å². The second-order valence-corrected chi connectivity index (χ2v) is 4.16. The number of esters is 1. The molecule has 1 saturated heterocycles. The molecule has 1 aliphatic rings. The fourth-order valence-electron chi connectivity index (χ4n) is 2.27. The molecule has 4 heteroatoms. The molecule has 15 heavy (non-hydrogen) atoms. The molecule has 1 heterocycles. The number of rotatable bonds is 4. The van der Waals surface area contributed by atoms with Gasteiger partial charge < -0.3 is 10.5 Å². The predicted molar refractivity (Wildman–Crippen MR) is 59.4 cm³/mol. The fraction of sp³-hybridized carbons (Fsp3) is 0.909. The zero-order chi connectivity index (χ0) is 11.3. The van der Waals surface area contributed by atoms with Crippen LogP contribution >= 0.6 is 0 Å². The van der Waals surface area contributed by atoms with Gasteiger partial charge >= 0.3 is 5.97 Å². The number of ether oxygens (including phenoxy) is 1. The molecule has 0 aromatic rings. The highest BCUT2D eigenvalue weighted by Crippen LogP contribution is 2.20. The van der Waals surface area contributed by atoms with Crippen LogP contribution in [0.25, 0.3) is 0 Å². The van der Waals surface area contributed by atoms with Crippen molar-refractivity contribution in [1.29, 1.82) is 0 Å². The number of hydrogen-bond donors (Lipinski definition) is 1. The van der Waals surface area contributed by atoms with Crippen molar-refractivity contribution in [2.45, 2.75) is 32.2 Å². The van der Waals surface area contributed by atoms with Crippen LogP contribution < -0.4 is 5.73 Å². The van der Waals surface area contributed by atoms with Gasteiger partial charge in [-0.25, -0.2) is 0 Å². The van der Waals surface area contributed by atoms with Gasteiger partial charge in [-0.3, -0.25) is 9.69 Å². The lowest BCUT2D eigenvalue weighted by molar-refractivity contribution is -0.147. The third-order valence-corrected chi connectivity index (χ3v) is 3.25. The van der Waals surface area contributed by atoms with E-state index in [0.29, 0.717) is 12.6 Å². The van der Waals surface area contributed by atoms with Crippen molar-refractivity contribution >= 4 is 5.97 Å². The summed E-state index contributed by atoms with van der Waals surface area (Å²) in [5, 5.41) is 0. The molecule has 0 saturated carbocycles. The zero-order valence-electron chi connectivity index (χ0n) is 9.74. The quantitative estimate of drug-likeness (QED) is 0.697. The first-order valence-corrected chi connectivity index (χ1v) is 5.74. The monoisotopic (exact) mass is 214 g/mol. The molecule has 0 aromatic heterocycles. The average Bonchev–Trinajstić information content (AvgIpc) is 2.30. The lowest BCUT2D eigenvalue weighted by Gasteiger charge is -2.36. The van der Waals surface area contributed by atoms with E-state index in [1.165, 1.54) is 7.11 Å². The number of nitrogens with two attached hydrogens (primary N) is 1. The first-order chi connectivity index (χ1) is 7.22. The Balaban J connectivity index is 2.51. The molecule has 1 aliphatic heterocycles. The van der Waals surface area contributed by atoms with Gasteiger partial charge in [-0.1, -0.05) is 6.92 Å². The molecule has 0 amide bonds. The highest BCUT2D eigenvalue weighted by molar-refractivity contribution is 5.72. The number of likely N-dealkylation sites (tertiary alicyclic amines) is 1. The van der Waals surface area contributed by atoms with Crippen molar-refractivity contribution in [3.63, 3.8) is 0 Å². The Kier molecular flexibility index (Phi) is 5.05. The smallest absolute Gasteiger partial charge is 0.309 e. The molecule has 0 aliphatic carbocycles. The standard InChI is InChI=1S/C11H22N2O2/c1-3-10(7-12)13-6-4-5-9(8-13)11(14)15-2/h9-10H,3-8,12H2,1-2H3. The summed E-state index contributed by atoms with van der Waals surface area (Å²) >= 11 is 0. The normalized spacial score (nSPS) is 24.9. The first-order valence-electron chi connectivity index (χ1n) is 5.74. The van der Waals surface area contributed by atoms with Crippen molar-refractivity contribution in [3.8, 4) is 0 Å². The largest absolute Gasteiger partial charge is 0.469 e. The second-order valence-electron chi connectivity index (χ2n) is 4.16. The fourth-order valence-corrected chi connectivity index (χ4v) is 2.27. The van der Waals surface area contributed by atoms with E-state index in [0.717, 1.165) is 32.4 Å². The molecule has 2 atom stereocenters. The summed E-state index contributed by atoms with van der Waals surface area (Å²) in [6, 6.07) is 0.414. The van der Waals surface area contributed by atoms with Crippen LogP contribution in [0.15, 0.2) is 0 Å². The minimum absolute atomic E-state index is 0.0457. The summed E-state index contributed by atoms with van der Waals surface area (Å²) < 4.78 is 4.79. The Morgan fingerprint density at radius 2 is 2.40 bits per heavy atom. The molecule has 1 fully saturated rings. The maximum absolute atomic E-state index is 11.4. The van der Waals surface area contributed by atoms with Crippen LogP contribution in [-0.4, -0.2) is 43.7 Å². The van der Waals surface area contributed by atoms with Crippen LogP contribution in [0, 0.1) is 5.92 Å². The molecule has 0 spiro atoms. The Morgan fingerprint density at radius 3 is 2.93 bits per heavy atom. The van der Waals surface area contributed by atoms with Crippen molar-refractivity contribution < 1.29 is 9.53 Å². The summed E-state index contributed by atoms with van der Waals surface area (Å²) in [5.74, 6) is -0.0316. The molecule has 0 aromatic carbocycles. The van der Waals surface area contributed by atoms with E-state index in [1.54, 1.807) is 0 Å². The van der Waals surface area contributed by atoms with Crippen LogP contribution in [0.3, 0.4) is 0 Å². The molecule has 0 bridgehead atoms. The minimum Gasteiger partial charge on any atom is -0.469 e. The van der Waals surface area contributed by atoms with Crippen LogP contribution in [0.1, 0.15) is 26.2 Å². The Bertz CT molecular complexity index is 205. The van der Waals surface area contributed by atoms with Crippen molar-refractivity contribution in [3.05, 3.63) is 0 Å². The van der Waals surface area contributed by atoms with E-state index in [-0.39, 0.29) is 11.9 Å². The summed E-state index contributed by atoms with van der Waals surface area (Å²) in [4.78, 5) is 13.8. The van der Waals surface area contributed by atoms with E-state index in [4.69, 9.17) is 10.5 Å². The number of hydrogen-bond acceptors (Lipinski definition) is 4. The molecule has 88 valence electrons. The topological polar surface area (TPSA) is 55.6 Å². The summed E-state index contributed by atoms with van der Waals surface area (Å²) in [5.41, 5.74) is 5.71. The van der Waals surface area contributed by atoms with Crippen LogP contribution in [0.2, 0.25) is 0 Å². The molecular weight excluding hydrogens is 192 g/mol. The highest BCUT2D eigenvalue weighted by atomic mass is 16.5. The maximum atomic E-state index is 11.4. The van der Waals surface area contributed by atoms with E-state index < -0.39 is 0 Å². The van der Waals surface area contributed by atoms with Crippen LogP contribution in [0.4, 0.5) is 0 Å². The molecule has 0 radical (unpaired) electrons. The highest BCUT2D eigenvalue weighted by Gasteiger charge is 2.28. The summed E-state index contributed by atoms with van der Waals surface area (Å²) in [6.45, 7) is 4.68. The van der Waals surface area contributed by atoms with E-state index in [9.17, 15) is 4.79 Å². The van der Waals surface area contributed by atoms with Gasteiger partial charge in [0.1, 0.15) is 0 Å². The van der Waals surface area contributed by atoms with Gasteiger partial charge in [-0.2, -0.15) is 0 Å². The average molecular weight is 214 g/mol. The molecule has 2 N–H and O–H groups in total. The number of methoxy groups -OCH3 is 1. The zero-order valence-corrected chi connectivity index (χ0v) is 9.74. The van der Waals surface area contributed by atoms with Gasteiger partial charge in [0.15, 0.2) is 0 Å². The molecular formula is C11H22N2O2. The van der Waals surface area contributed by atoms with Gasteiger partial charge in [-0.05, 0) is 25.8 Å². The number of carbonyl (C=O) groups excluding carboxylic acids is 1. The van der Waals surface area contributed by atoms with Gasteiger partial charge in [0, 0.05) is 19.1 Å². The third kappa shape index (κ3) is 3.18. The SMILES string of the molecule is CCC(CN)N1CCCC(C(=O)OC)C1. The second kappa shape index (κ2) is 6.08. The van der Waals surface area contributed by atoms with E-state index in [1.807, 2.05) is 0 Å². The van der Waals surface area contributed by atoms with Crippen LogP contribution in [0.5, 0.6) is 0 Å². The maximum Gasteiger partial charge on any atom is 0.309 e. The van der Waals surface area contributed by atoms with Gasteiger partial charge in [0.2, 0.25) is 0 Å². The van der Waals surface area contributed by atoms with E-state index in [2.05, 4.69) is 11.8 Å². The van der Waals surface area contributed by atoms with E-state index >= 15 is 0 Å². The molecule has 4 nitrogen and oxygen atoms in total. The third-order valence-electron chi connectivity index (χ3n) is 3.25. The molecule has 2 unspecified atom stereocenters. The lowest BCUT2D eigenvalue weighted by Crippen LogP contribution is -2.47. The Labute approximate surface area is 91.8 Å². The summed E-state index contributed by atoms with van der Waals surface area (Å²) in [6.07, 6.45) is 3.06. The molecule has 1 rings (SSSR count). The Morgan fingerprint density at radius 1 is 1.67 bits per heavy atom. The van der Waals surface area contributed by atoms with Crippen LogP contribution in [-0.2, 0) is 9.53 Å². The Hall–Kier alpha value is -0.610. The van der Waals surface area contributed by atoms with Gasteiger partial charge in [0.05, 0.1) is 13.0 Å². The van der Waals surface area contributed by atoms with Gasteiger partial charge in [0.25, 0.3) is 0 Å². The van der Waals surface area contributed by atoms with Crippen molar-refractivity contribution in [1.82, 2.24) is 4.90 Å².